The number of carbonyl (C=O) groups is 1. The normalized spacial score (nSPS) is 25.2. The van der Waals surface area contributed by atoms with Crippen molar-refractivity contribution in [3.05, 3.63) is 65.5 Å². The highest BCUT2D eigenvalue weighted by Gasteiger charge is 2.47. The van der Waals surface area contributed by atoms with Crippen LogP contribution >= 0.6 is 12.4 Å². The van der Waals surface area contributed by atoms with Crippen molar-refractivity contribution in [3.8, 4) is 0 Å². The summed E-state index contributed by atoms with van der Waals surface area (Å²) in [6.45, 7) is 4.58. The summed E-state index contributed by atoms with van der Waals surface area (Å²) in [6.07, 6.45) is 4.64. The Labute approximate surface area is 155 Å². The molecule has 132 valence electrons. The van der Waals surface area contributed by atoms with Crippen LogP contribution in [0.3, 0.4) is 0 Å². The average molecular weight is 358 g/mol. The summed E-state index contributed by atoms with van der Waals surface area (Å²) in [5.41, 5.74) is 3.75. The Morgan fingerprint density at radius 3 is 2.84 bits per heavy atom. The number of piperazine rings is 1. The maximum Gasteiger partial charge on any atom is 0.226 e. The van der Waals surface area contributed by atoms with Crippen molar-refractivity contribution in [1.82, 2.24) is 15.2 Å². The summed E-state index contributed by atoms with van der Waals surface area (Å²) in [6, 6.07) is 12.6. The third-order valence-corrected chi connectivity index (χ3v) is 5.29. The molecule has 1 aliphatic heterocycles. The van der Waals surface area contributed by atoms with Crippen molar-refractivity contribution in [2.45, 2.75) is 25.3 Å². The minimum absolute atomic E-state index is 0. The number of rotatable bonds is 3. The maximum atomic E-state index is 13.1. The van der Waals surface area contributed by atoms with Crippen LogP contribution in [0.2, 0.25) is 0 Å². The van der Waals surface area contributed by atoms with Gasteiger partial charge in [-0.15, -0.1) is 12.4 Å². The number of nitrogens with zero attached hydrogens (tertiary/aromatic N) is 2. The van der Waals surface area contributed by atoms with E-state index in [-0.39, 0.29) is 24.4 Å². The van der Waals surface area contributed by atoms with Crippen LogP contribution in [0.1, 0.15) is 35.1 Å². The Hall–Kier alpha value is -1.91. The molecule has 1 saturated heterocycles. The molecule has 1 amide bonds. The highest BCUT2D eigenvalue weighted by Crippen LogP contribution is 2.50. The summed E-state index contributed by atoms with van der Waals surface area (Å²) < 4.78 is 0. The number of nitrogens with one attached hydrogen (secondary N) is 1. The van der Waals surface area contributed by atoms with Crippen LogP contribution in [0.15, 0.2) is 48.8 Å². The van der Waals surface area contributed by atoms with Crippen LogP contribution in [-0.2, 0) is 4.79 Å². The predicted molar refractivity (Wildman–Crippen MR) is 101 cm³/mol. The van der Waals surface area contributed by atoms with E-state index in [2.05, 4.69) is 52.5 Å². The van der Waals surface area contributed by atoms with Gasteiger partial charge < -0.3 is 10.2 Å². The van der Waals surface area contributed by atoms with Crippen molar-refractivity contribution in [3.63, 3.8) is 0 Å². The molecule has 5 heteroatoms. The number of hydrogen-bond donors (Lipinski definition) is 1. The predicted octanol–water partition coefficient (Wildman–Crippen LogP) is 3.09. The number of carbonyl (C=O) groups excluding carboxylic acids is 1. The Bertz CT molecular complexity index is 737. The topological polar surface area (TPSA) is 45.2 Å². The van der Waals surface area contributed by atoms with Crippen molar-refractivity contribution in [2.75, 3.05) is 19.6 Å². The van der Waals surface area contributed by atoms with E-state index < -0.39 is 0 Å². The van der Waals surface area contributed by atoms with Gasteiger partial charge in [0.2, 0.25) is 5.91 Å². The number of aromatic nitrogens is 1. The lowest BCUT2D eigenvalue weighted by Crippen LogP contribution is -2.49. The lowest BCUT2D eigenvalue weighted by Gasteiger charge is -2.36. The van der Waals surface area contributed by atoms with Gasteiger partial charge in [-0.1, -0.05) is 30.3 Å². The molecule has 2 fully saturated rings. The molecule has 2 aromatic rings. The first-order valence-corrected chi connectivity index (χ1v) is 8.72. The zero-order valence-corrected chi connectivity index (χ0v) is 15.2. The quantitative estimate of drug-likeness (QED) is 0.918. The smallest absolute Gasteiger partial charge is 0.226 e. The highest BCUT2D eigenvalue weighted by atomic mass is 35.5. The molecule has 3 atom stereocenters. The van der Waals surface area contributed by atoms with E-state index in [4.69, 9.17) is 0 Å². The molecule has 1 aromatic heterocycles. The Balaban J connectivity index is 0.00000182. The van der Waals surface area contributed by atoms with E-state index in [0.717, 1.165) is 31.6 Å². The number of benzene rings is 1. The van der Waals surface area contributed by atoms with Crippen LogP contribution in [0.4, 0.5) is 0 Å². The number of halogens is 1. The summed E-state index contributed by atoms with van der Waals surface area (Å²) in [5, 5.41) is 3.41. The Morgan fingerprint density at radius 1 is 1.24 bits per heavy atom. The average Bonchev–Trinajstić information content (AvgIpc) is 3.43. The zero-order valence-electron chi connectivity index (χ0n) is 14.4. The molecule has 1 aliphatic carbocycles. The maximum absolute atomic E-state index is 13.1. The molecule has 2 heterocycles. The zero-order chi connectivity index (χ0) is 16.5. The minimum atomic E-state index is 0. The van der Waals surface area contributed by atoms with E-state index in [0.29, 0.717) is 11.8 Å². The van der Waals surface area contributed by atoms with Gasteiger partial charge in [0.05, 0.1) is 6.04 Å². The first-order valence-electron chi connectivity index (χ1n) is 8.72. The van der Waals surface area contributed by atoms with Crippen LogP contribution in [0.5, 0.6) is 0 Å². The summed E-state index contributed by atoms with van der Waals surface area (Å²) in [5.74, 6) is 0.838. The van der Waals surface area contributed by atoms with Crippen LogP contribution < -0.4 is 5.32 Å². The van der Waals surface area contributed by atoms with Crippen molar-refractivity contribution >= 4 is 18.3 Å². The molecule has 2 aliphatic rings. The number of amides is 1. The molecular weight excluding hydrogens is 334 g/mol. The molecule has 1 aromatic carbocycles. The first-order chi connectivity index (χ1) is 11.8. The molecule has 0 bridgehead atoms. The van der Waals surface area contributed by atoms with Crippen molar-refractivity contribution < 1.29 is 4.79 Å². The van der Waals surface area contributed by atoms with Gasteiger partial charge in [0.1, 0.15) is 0 Å². The van der Waals surface area contributed by atoms with Gasteiger partial charge in [0.15, 0.2) is 0 Å². The third-order valence-electron chi connectivity index (χ3n) is 5.29. The van der Waals surface area contributed by atoms with Crippen LogP contribution in [0.25, 0.3) is 0 Å². The summed E-state index contributed by atoms with van der Waals surface area (Å²) in [4.78, 5) is 19.4. The van der Waals surface area contributed by atoms with Gasteiger partial charge in [0, 0.05) is 37.9 Å². The fourth-order valence-electron chi connectivity index (χ4n) is 3.87. The number of hydrogen-bond acceptors (Lipinski definition) is 3. The molecule has 4 nitrogen and oxygen atoms in total. The Morgan fingerprint density at radius 2 is 2.08 bits per heavy atom. The summed E-state index contributed by atoms with van der Waals surface area (Å²) in [7, 11) is 0. The minimum Gasteiger partial charge on any atom is -0.333 e. The van der Waals surface area contributed by atoms with Crippen LogP contribution in [-0.4, -0.2) is 35.4 Å². The molecule has 1 N–H and O–H groups in total. The van der Waals surface area contributed by atoms with Crippen LogP contribution in [0, 0.1) is 12.8 Å². The standard InChI is InChI=1S/C20H23N3O.ClH/c1-14-5-2-3-7-16(14)17-11-18(17)20(24)23-10-9-22-13-19(23)15-6-4-8-21-12-15;/h2-8,12,17-19,22H,9-11,13H2,1H3;1H. The number of pyridine rings is 1. The fourth-order valence-corrected chi connectivity index (χ4v) is 3.87. The first kappa shape index (κ1) is 17.9. The molecule has 3 unspecified atom stereocenters. The SMILES string of the molecule is Cc1ccccc1C1CC1C(=O)N1CCNCC1c1cccnc1.Cl. The molecular formula is C20H24ClN3O. The van der Waals surface area contributed by atoms with Gasteiger partial charge in [0.25, 0.3) is 0 Å². The van der Waals surface area contributed by atoms with E-state index in [9.17, 15) is 4.79 Å². The van der Waals surface area contributed by atoms with Gasteiger partial charge in [-0.2, -0.15) is 0 Å². The van der Waals surface area contributed by atoms with E-state index in [1.165, 1.54) is 11.1 Å². The lowest BCUT2D eigenvalue weighted by atomic mass is 10.0. The second-order valence-corrected chi connectivity index (χ2v) is 6.84. The largest absolute Gasteiger partial charge is 0.333 e. The highest BCUT2D eigenvalue weighted by molar-refractivity contribution is 5.85. The molecule has 1 saturated carbocycles. The molecule has 4 rings (SSSR count). The van der Waals surface area contributed by atoms with Crippen molar-refractivity contribution in [2.24, 2.45) is 5.92 Å². The lowest BCUT2D eigenvalue weighted by molar-refractivity contribution is -0.136. The van der Waals surface area contributed by atoms with E-state index in [1.807, 2.05) is 12.3 Å². The van der Waals surface area contributed by atoms with E-state index >= 15 is 0 Å². The van der Waals surface area contributed by atoms with Gasteiger partial charge in [-0.3, -0.25) is 9.78 Å². The Kier molecular flexibility index (Phi) is 5.40. The second-order valence-electron chi connectivity index (χ2n) is 6.84. The fraction of sp³-hybridized carbons (Fsp3) is 0.400. The molecule has 25 heavy (non-hydrogen) atoms. The summed E-state index contributed by atoms with van der Waals surface area (Å²) >= 11 is 0. The van der Waals surface area contributed by atoms with Gasteiger partial charge in [-0.05, 0) is 42.0 Å². The number of aryl methyl sites for hydroxylation is 1. The third kappa shape index (κ3) is 3.55. The van der Waals surface area contributed by atoms with Gasteiger partial charge in [-0.25, -0.2) is 0 Å². The molecule has 0 spiro atoms. The molecule has 0 radical (unpaired) electrons. The monoisotopic (exact) mass is 357 g/mol. The van der Waals surface area contributed by atoms with E-state index in [1.54, 1.807) is 6.20 Å². The van der Waals surface area contributed by atoms with Crippen molar-refractivity contribution in [1.29, 1.82) is 0 Å². The second kappa shape index (κ2) is 7.54. The van der Waals surface area contributed by atoms with Gasteiger partial charge >= 0.3 is 0 Å².